The van der Waals surface area contributed by atoms with E-state index in [1.54, 1.807) is 6.92 Å². The normalized spacial score (nSPS) is 12.1. The van der Waals surface area contributed by atoms with E-state index in [-0.39, 0.29) is 5.91 Å². The quantitative estimate of drug-likeness (QED) is 0.716. The molecule has 5 nitrogen and oxygen atoms in total. The second kappa shape index (κ2) is 9.39. The van der Waals surface area contributed by atoms with Crippen LogP contribution in [0, 0.1) is 0 Å². The molecule has 0 radical (unpaired) electrons. The van der Waals surface area contributed by atoms with Gasteiger partial charge in [-0.3, -0.25) is 4.79 Å². The van der Waals surface area contributed by atoms with Gasteiger partial charge in [-0.15, -0.1) is 11.3 Å². The minimum atomic E-state index is -0.496. The van der Waals surface area contributed by atoms with E-state index in [0.29, 0.717) is 26.4 Å². The lowest BCUT2D eigenvalue weighted by atomic mass is 10.2. The number of nitrogens with one attached hydrogen (secondary N) is 1. The van der Waals surface area contributed by atoms with Crippen LogP contribution in [0.1, 0.15) is 18.9 Å². The molecular formula is C17H22N2O3S. The van der Waals surface area contributed by atoms with E-state index in [1.165, 1.54) is 11.3 Å². The number of hydrogen-bond donors (Lipinski definition) is 1. The number of aromatic nitrogens is 1. The van der Waals surface area contributed by atoms with Crippen LogP contribution in [0.25, 0.3) is 11.3 Å². The van der Waals surface area contributed by atoms with Gasteiger partial charge in [0.2, 0.25) is 5.91 Å². The lowest BCUT2D eigenvalue weighted by Crippen LogP contribution is -2.34. The van der Waals surface area contributed by atoms with Gasteiger partial charge in [0.25, 0.3) is 0 Å². The first-order valence-corrected chi connectivity index (χ1v) is 8.55. The van der Waals surface area contributed by atoms with Crippen LogP contribution in [0.2, 0.25) is 0 Å². The van der Waals surface area contributed by atoms with Gasteiger partial charge in [-0.1, -0.05) is 30.3 Å². The predicted molar refractivity (Wildman–Crippen MR) is 91.3 cm³/mol. The summed E-state index contributed by atoms with van der Waals surface area (Å²) in [6.45, 7) is 5.64. The Morgan fingerprint density at radius 2 is 2.09 bits per heavy atom. The summed E-state index contributed by atoms with van der Waals surface area (Å²) in [5.41, 5.74) is 2.01. The Labute approximate surface area is 140 Å². The third-order valence-electron chi connectivity index (χ3n) is 3.20. The van der Waals surface area contributed by atoms with Crippen LogP contribution in [0.4, 0.5) is 0 Å². The topological polar surface area (TPSA) is 60.5 Å². The molecule has 6 heteroatoms. The van der Waals surface area contributed by atoms with Crippen LogP contribution < -0.4 is 5.32 Å². The van der Waals surface area contributed by atoms with Crippen LogP contribution in [-0.4, -0.2) is 36.8 Å². The number of carbonyl (C=O) groups is 1. The Morgan fingerprint density at radius 3 is 2.83 bits per heavy atom. The fourth-order valence-corrected chi connectivity index (χ4v) is 2.69. The van der Waals surface area contributed by atoms with Crippen molar-refractivity contribution in [1.82, 2.24) is 10.3 Å². The SMILES string of the molecule is CCOCCOC(C)C(=O)NCc1nc(-c2ccccc2)cs1. The summed E-state index contributed by atoms with van der Waals surface area (Å²) in [6, 6.07) is 9.98. The van der Waals surface area contributed by atoms with E-state index in [1.807, 2.05) is 42.6 Å². The molecule has 1 aromatic heterocycles. The summed E-state index contributed by atoms with van der Waals surface area (Å²) in [5, 5.41) is 5.72. The van der Waals surface area contributed by atoms with Crippen molar-refractivity contribution < 1.29 is 14.3 Å². The number of amides is 1. The van der Waals surface area contributed by atoms with Crippen molar-refractivity contribution in [3.8, 4) is 11.3 Å². The average Bonchev–Trinajstić information content (AvgIpc) is 3.06. The summed E-state index contributed by atoms with van der Waals surface area (Å²) in [5.74, 6) is -0.141. The molecule has 2 aromatic rings. The third kappa shape index (κ3) is 5.74. The highest BCUT2D eigenvalue weighted by Crippen LogP contribution is 2.21. The molecule has 1 N–H and O–H groups in total. The summed E-state index contributed by atoms with van der Waals surface area (Å²) in [7, 11) is 0. The van der Waals surface area contributed by atoms with Gasteiger partial charge in [0.05, 0.1) is 25.5 Å². The number of carbonyl (C=O) groups excluding carboxylic acids is 1. The molecule has 1 heterocycles. The second-order valence-corrected chi connectivity index (χ2v) is 5.86. The molecule has 0 spiro atoms. The highest BCUT2D eigenvalue weighted by atomic mass is 32.1. The third-order valence-corrected chi connectivity index (χ3v) is 4.05. The Bertz CT molecular complexity index is 601. The molecule has 0 aliphatic heterocycles. The molecule has 1 aromatic carbocycles. The Hall–Kier alpha value is -1.76. The fraction of sp³-hybridized carbons (Fsp3) is 0.412. The molecule has 0 saturated heterocycles. The van der Waals surface area contributed by atoms with Crippen LogP contribution >= 0.6 is 11.3 Å². The maximum atomic E-state index is 12.0. The summed E-state index contributed by atoms with van der Waals surface area (Å²) >= 11 is 1.54. The van der Waals surface area contributed by atoms with Crippen LogP contribution in [0.5, 0.6) is 0 Å². The van der Waals surface area contributed by atoms with Gasteiger partial charge in [0.15, 0.2) is 0 Å². The summed E-state index contributed by atoms with van der Waals surface area (Å²) in [4.78, 5) is 16.5. The maximum absolute atomic E-state index is 12.0. The lowest BCUT2D eigenvalue weighted by molar-refractivity contribution is -0.132. The molecule has 2 rings (SSSR count). The van der Waals surface area contributed by atoms with Crippen molar-refractivity contribution in [3.63, 3.8) is 0 Å². The average molecular weight is 334 g/mol. The smallest absolute Gasteiger partial charge is 0.249 e. The molecule has 124 valence electrons. The van der Waals surface area contributed by atoms with E-state index < -0.39 is 6.10 Å². The molecule has 23 heavy (non-hydrogen) atoms. The molecule has 1 amide bonds. The zero-order chi connectivity index (χ0) is 16.5. The van der Waals surface area contributed by atoms with Crippen LogP contribution in [0.15, 0.2) is 35.7 Å². The number of ether oxygens (including phenoxy) is 2. The van der Waals surface area contributed by atoms with Gasteiger partial charge in [0.1, 0.15) is 11.1 Å². The highest BCUT2D eigenvalue weighted by molar-refractivity contribution is 7.09. The first-order chi connectivity index (χ1) is 11.2. The number of thiazole rings is 1. The van der Waals surface area contributed by atoms with Crippen molar-refractivity contribution in [2.45, 2.75) is 26.5 Å². The van der Waals surface area contributed by atoms with Crippen LogP contribution in [-0.2, 0) is 20.8 Å². The van der Waals surface area contributed by atoms with Gasteiger partial charge in [0, 0.05) is 17.6 Å². The molecular weight excluding hydrogens is 312 g/mol. The Morgan fingerprint density at radius 1 is 1.30 bits per heavy atom. The van der Waals surface area contributed by atoms with Crippen molar-refractivity contribution >= 4 is 17.2 Å². The minimum Gasteiger partial charge on any atom is -0.379 e. The largest absolute Gasteiger partial charge is 0.379 e. The molecule has 0 bridgehead atoms. The predicted octanol–water partition coefficient (Wildman–Crippen LogP) is 2.87. The second-order valence-electron chi connectivity index (χ2n) is 4.92. The van der Waals surface area contributed by atoms with E-state index in [9.17, 15) is 4.79 Å². The van der Waals surface area contributed by atoms with E-state index in [2.05, 4.69) is 10.3 Å². The molecule has 0 aliphatic carbocycles. The number of benzene rings is 1. The van der Waals surface area contributed by atoms with Crippen molar-refractivity contribution in [2.24, 2.45) is 0 Å². The standard InChI is InChI=1S/C17H22N2O3S/c1-3-21-9-10-22-13(2)17(20)18-11-16-19-15(12-23-16)14-7-5-4-6-8-14/h4-8,12-13H,3,9-11H2,1-2H3,(H,18,20). The van der Waals surface area contributed by atoms with Crippen molar-refractivity contribution in [3.05, 3.63) is 40.7 Å². The molecule has 0 saturated carbocycles. The number of nitrogens with zero attached hydrogens (tertiary/aromatic N) is 1. The molecule has 0 fully saturated rings. The van der Waals surface area contributed by atoms with E-state index in [4.69, 9.17) is 9.47 Å². The first-order valence-electron chi connectivity index (χ1n) is 7.67. The number of rotatable bonds is 9. The van der Waals surface area contributed by atoms with Gasteiger partial charge in [-0.25, -0.2) is 4.98 Å². The fourth-order valence-electron chi connectivity index (χ4n) is 1.94. The van der Waals surface area contributed by atoms with Crippen LogP contribution in [0.3, 0.4) is 0 Å². The lowest BCUT2D eigenvalue weighted by Gasteiger charge is -2.12. The molecule has 1 unspecified atom stereocenters. The van der Waals surface area contributed by atoms with E-state index in [0.717, 1.165) is 16.3 Å². The van der Waals surface area contributed by atoms with E-state index >= 15 is 0 Å². The van der Waals surface area contributed by atoms with Gasteiger partial charge < -0.3 is 14.8 Å². The van der Waals surface area contributed by atoms with Crippen molar-refractivity contribution in [2.75, 3.05) is 19.8 Å². The summed E-state index contributed by atoms with van der Waals surface area (Å²) in [6.07, 6.45) is -0.496. The minimum absolute atomic E-state index is 0.141. The van der Waals surface area contributed by atoms with Gasteiger partial charge in [-0.05, 0) is 13.8 Å². The van der Waals surface area contributed by atoms with Gasteiger partial charge >= 0.3 is 0 Å². The Balaban J connectivity index is 1.77. The summed E-state index contributed by atoms with van der Waals surface area (Å²) < 4.78 is 10.6. The van der Waals surface area contributed by atoms with Gasteiger partial charge in [-0.2, -0.15) is 0 Å². The Kier molecular flexibility index (Phi) is 7.19. The van der Waals surface area contributed by atoms with Crippen molar-refractivity contribution in [1.29, 1.82) is 0 Å². The number of hydrogen-bond acceptors (Lipinski definition) is 5. The maximum Gasteiger partial charge on any atom is 0.249 e. The molecule has 0 aliphatic rings. The first kappa shape index (κ1) is 17.6. The monoisotopic (exact) mass is 334 g/mol. The highest BCUT2D eigenvalue weighted by Gasteiger charge is 2.13. The zero-order valence-corrected chi connectivity index (χ0v) is 14.3. The molecule has 1 atom stereocenters. The zero-order valence-electron chi connectivity index (χ0n) is 13.5.